The van der Waals surface area contributed by atoms with Crippen molar-refractivity contribution in [3.05, 3.63) is 46.7 Å². The molecule has 0 bridgehead atoms. The Hall–Kier alpha value is -2.32. The summed E-state index contributed by atoms with van der Waals surface area (Å²) in [5, 5.41) is 2.65. The molecule has 3 rings (SSSR count). The van der Waals surface area contributed by atoms with Crippen LogP contribution in [0.5, 0.6) is 5.75 Å². The highest BCUT2D eigenvalue weighted by Crippen LogP contribution is 2.39. The topological polar surface area (TPSA) is 84.5 Å². The molecule has 1 heterocycles. The maximum absolute atomic E-state index is 13.7. The Morgan fingerprint density at radius 2 is 2.00 bits per heavy atom. The number of fused-ring (bicyclic) bond motifs is 1. The van der Waals surface area contributed by atoms with Crippen molar-refractivity contribution in [1.82, 2.24) is 0 Å². The van der Waals surface area contributed by atoms with Crippen molar-refractivity contribution in [1.29, 1.82) is 0 Å². The molecule has 0 aliphatic carbocycles. The van der Waals surface area contributed by atoms with Crippen LogP contribution in [0.4, 0.5) is 15.8 Å². The van der Waals surface area contributed by atoms with Gasteiger partial charge in [0.25, 0.3) is 15.9 Å². The molecule has 0 fully saturated rings. The molecule has 1 aliphatic rings. The van der Waals surface area contributed by atoms with Crippen LogP contribution in [0.1, 0.15) is 12.5 Å². The van der Waals surface area contributed by atoms with Crippen LogP contribution in [0.25, 0.3) is 0 Å². The molecule has 0 aromatic heterocycles. The summed E-state index contributed by atoms with van der Waals surface area (Å²) in [6, 6.07) is 6.58. The average Bonchev–Trinajstić information content (AvgIpc) is 2.51. The molecular weight excluding hydrogens is 371 g/mol. The zero-order chi connectivity index (χ0) is 18.4. The minimum atomic E-state index is -4.13. The normalized spacial score (nSPS) is 16.6. The van der Waals surface area contributed by atoms with Crippen molar-refractivity contribution in [3.8, 4) is 5.75 Å². The summed E-state index contributed by atoms with van der Waals surface area (Å²) in [6.45, 7) is 3.06. The number of carbonyl (C=O) groups is 1. The Balaban J connectivity index is 2.05. The van der Waals surface area contributed by atoms with E-state index in [2.05, 4.69) is 10.0 Å². The molecule has 1 amide bonds. The molecule has 2 aromatic rings. The second kappa shape index (κ2) is 6.20. The lowest BCUT2D eigenvalue weighted by molar-refractivity contribution is -0.122. The van der Waals surface area contributed by atoms with Crippen LogP contribution in [0.3, 0.4) is 0 Å². The van der Waals surface area contributed by atoms with Crippen LogP contribution in [0.2, 0.25) is 5.02 Å². The van der Waals surface area contributed by atoms with Gasteiger partial charge in [-0.3, -0.25) is 9.52 Å². The Morgan fingerprint density at radius 3 is 2.68 bits per heavy atom. The predicted molar refractivity (Wildman–Crippen MR) is 92.1 cm³/mol. The second-order valence-electron chi connectivity index (χ2n) is 5.60. The van der Waals surface area contributed by atoms with Gasteiger partial charge in [-0.2, -0.15) is 0 Å². The monoisotopic (exact) mass is 384 g/mol. The Morgan fingerprint density at radius 1 is 1.28 bits per heavy atom. The molecule has 6 nitrogen and oxygen atoms in total. The number of hydrogen-bond acceptors (Lipinski definition) is 4. The first-order valence-corrected chi connectivity index (χ1v) is 9.13. The van der Waals surface area contributed by atoms with E-state index < -0.39 is 27.9 Å². The van der Waals surface area contributed by atoms with Gasteiger partial charge in [-0.05, 0) is 43.7 Å². The number of amides is 1. The van der Waals surface area contributed by atoms with Crippen LogP contribution in [0, 0.1) is 12.7 Å². The zero-order valence-electron chi connectivity index (χ0n) is 13.3. The maximum Gasteiger partial charge on any atom is 0.265 e. The predicted octanol–water partition coefficient (Wildman–Crippen LogP) is 3.31. The van der Waals surface area contributed by atoms with Crippen molar-refractivity contribution < 1.29 is 22.3 Å². The number of sulfonamides is 1. The average molecular weight is 385 g/mol. The Bertz CT molecular complexity index is 978. The summed E-state index contributed by atoms with van der Waals surface area (Å²) in [5.74, 6) is -0.964. The summed E-state index contributed by atoms with van der Waals surface area (Å²) in [4.78, 5) is 11.5. The largest absolute Gasteiger partial charge is 0.477 e. The smallest absolute Gasteiger partial charge is 0.265 e. The number of ether oxygens (including phenoxy) is 1. The van der Waals surface area contributed by atoms with E-state index in [1.165, 1.54) is 31.2 Å². The number of hydrogen-bond donors (Lipinski definition) is 2. The summed E-state index contributed by atoms with van der Waals surface area (Å²) < 4.78 is 46.8. The van der Waals surface area contributed by atoms with Gasteiger partial charge in [-0.15, -0.1) is 0 Å². The third-order valence-electron chi connectivity index (χ3n) is 3.65. The minimum Gasteiger partial charge on any atom is -0.477 e. The molecule has 1 unspecified atom stereocenters. The fourth-order valence-corrected chi connectivity index (χ4v) is 3.83. The molecule has 0 saturated carbocycles. The molecule has 2 N–H and O–H groups in total. The summed E-state index contributed by atoms with van der Waals surface area (Å²) in [5.41, 5.74) is 0.610. The van der Waals surface area contributed by atoms with Gasteiger partial charge in [-0.25, -0.2) is 12.8 Å². The second-order valence-corrected chi connectivity index (χ2v) is 7.69. The molecule has 25 heavy (non-hydrogen) atoms. The van der Waals surface area contributed by atoms with Gasteiger partial charge < -0.3 is 10.1 Å². The first kappa shape index (κ1) is 17.5. The van der Waals surface area contributed by atoms with Crippen molar-refractivity contribution in [3.63, 3.8) is 0 Å². The van der Waals surface area contributed by atoms with Crippen molar-refractivity contribution >= 4 is 38.9 Å². The molecule has 0 spiro atoms. The van der Waals surface area contributed by atoms with Gasteiger partial charge in [-0.1, -0.05) is 17.7 Å². The lowest BCUT2D eigenvalue weighted by Crippen LogP contribution is -2.35. The van der Waals surface area contributed by atoms with E-state index in [4.69, 9.17) is 16.3 Å². The maximum atomic E-state index is 13.7. The van der Waals surface area contributed by atoms with Gasteiger partial charge in [0.2, 0.25) is 0 Å². The Kier molecular flexibility index (Phi) is 4.34. The van der Waals surface area contributed by atoms with E-state index in [0.29, 0.717) is 5.56 Å². The van der Waals surface area contributed by atoms with E-state index in [-0.39, 0.29) is 27.0 Å². The quantitative estimate of drug-likeness (QED) is 0.850. The Labute approximate surface area is 149 Å². The summed E-state index contributed by atoms with van der Waals surface area (Å²) in [6.07, 6.45) is -0.862. The number of anilines is 2. The molecule has 0 saturated heterocycles. The molecule has 2 aromatic carbocycles. The van der Waals surface area contributed by atoms with Crippen LogP contribution in [0.15, 0.2) is 35.2 Å². The van der Waals surface area contributed by atoms with E-state index in [0.717, 1.165) is 6.07 Å². The van der Waals surface area contributed by atoms with Crippen molar-refractivity contribution in [2.24, 2.45) is 0 Å². The van der Waals surface area contributed by atoms with E-state index >= 15 is 0 Å². The highest BCUT2D eigenvalue weighted by molar-refractivity contribution is 7.92. The number of benzene rings is 2. The minimum absolute atomic E-state index is 0.0171. The fraction of sp³-hybridized carbons (Fsp3) is 0.188. The van der Waals surface area contributed by atoms with Crippen molar-refractivity contribution in [2.75, 3.05) is 10.0 Å². The highest BCUT2D eigenvalue weighted by Gasteiger charge is 2.31. The zero-order valence-corrected chi connectivity index (χ0v) is 14.8. The molecule has 1 aliphatic heterocycles. The van der Waals surface area contributed by atoms with Crippen LogP contribution in [-0.2, 0) is 14.8 Å². The van der Waals surface area contributed by atoms with Crippen molar-refractivity contribution in [2.45, 2.75) is 24.8 Å². The lowest BCUT2D eigenvalue weighted by atomic mass is 10.2. The van der Waals surface area contributed by atoms with Crippen LogP contribution in [-0.4, -0.2) is 20.4 Å². The molecule has 1 atom stereocenters. The summed E-state index contributed by atoms with van der Waals surface area (Å²) >= 11 is 5.96. The van der Waals surface area contributed by atoms with Gasteiger partial charge in [0.15, 0.2) is 11.9 Å². The lowest BCUT2D eigenvalue weighted by Gasteiger charge is -2.25. The van der Waals surface area contributed by atoms with E-state index in [1.54, 1.807) is 6.92 Å². The third-order valence-corrected chi connectivity index (χ3v) is 5.26. The molecular formula is C16H14ClFN2O4S. The molecule has 132 valence electrons. The van der Waals surface area contributed by atoms with E-state index in [9.17, 15) is 17.6 Å². The number of rotatable bonds is 3. The number of nitrogens with one attached hydrogen (secondary N) is 2. The summed E-state index contributed by atoms with van der Waals surface area (Å²) in [7, 11) is -4.13. The highest BCUT2D eigenvalue weighted by atomic mass is 35.5. The number of halogens is 2. The molecule has 0 radical (unpaired) electrons. The van der Waals surface area contributed by atoms with Crippen LogP contribution < -0.4 is 14.8 Å². The first-order valence-electron chi connectivity index (χ1n) is 7.27. The van der Waals surface area contributed by atoms with Gasteiger partial charge in [0.1, 0.15) is 10.7 Å². The van der Waals surface area contributed by atoms with Gasteiger partial charge in [0, 0.05) is 5.02 Å². The SMILES string of the molecule is Cc1ccc(NS(=O)(=O)c2cc(Cl)cc3c2OC(C)C(=O)N3)cc1F. The number of carbonyl (C=O) groups excluding carboxylic acids is 1. The van der Waals surface area contributed by atoms with Gasteiger partial charge in [0.05, 0.1) is 11.4 Å². The fourth-order valence-electron chi connectivity index (χ4n) is 2.31. The van der Waals surface area contributed by atoms with E-state index in [1.807, 2.05) is 0 Å². The number of aryl methyl sites for hydroxylation is 1. The van der Waals surface area contributed by atoms with Gasteiger partial charge >= 0.3 is 0 Å². The standard InChI is InChI=1S/C16H14ClFN2O4S/c1-8-3-4-11(7-12(8)18)20-25(22,23)14-6-10(17)5-13-15(14)24-9(2)16(21)19-13/h3-7,9,20H,1-2H3,(H,19,21). The first-order chi connectivity index (χ1) is 11.7. The van der Waals surface area contributed by atoms with Crippen LogP contribution >= 0.6 is 11.6 Å². The molecule has 9 heteroatoms. The third kappa shape index (κ3) is 3.40.